The van der Waals surface area contributed by atoms with Crippen molar-refractivity contribution in [1.82, 2.24) is 9.29 Å². The molecule has 0 aliphatic heterocycles. The molecule has 0 atom stereocenters. The Morgan fingerprint density at radius 1 is 1.10 bits per heavy atom. The van der Waals surface area contributed by atoms with Gasteiger partial charge in [0.2, 0.25) is 10.0 Å². The number of rotatable bonds is 6. The van der Waals surface area contributed by atoms with Gasteiger partial charge in [0.15, 0.2) is 5.13 Å². The lowest BCUT2D eigenvalue weighted by Crippen LogP contribution is -2.41. The number of benzene rings is 2. The summed E-state index contributed by atoms with van der Waals surface area (Å²) < 4.78 is 29.1. The van der Waals surface area contributed by atoms with Gasteiger partial charge in [-0.2, -0.15) is 4.31 Å². The molecule has 0 fully saturated rings. The zero-order valence-corrected chi connectivity index (χ0v) is 19.7. The van der Waals surface area contributed by atoms with Crippen LogP contribution in [0.15, 0.2) is 51.8 Å². The van der Waals surface area contributed by atoms with Gasteiger partial charge < -0.3 is 0 Å². The molecular weight excluding hydrogens is 474 g/mol. The van der Waals surface area contributed by atoms with E-state index in [9.17, 15) is 13.2 Å². The topological polar surface area (TPSA) is 79.4 Å². The maximum atomic E-state index is 13.1. The number of nitrogens with zero attached hydrogens (tertiary/aromatic N) is 2. The van der Waals surface area contributed by atoms with Crippen molar-refractivity contribution in [1.29, 1.82) is 0 Å². The summed E-state index contributed by atoms with van der Waals surface area (Å²) in [4.78, 5) is 17.1. The molecule has 0 aliphatic rings. The van der Waals surface area contributed by atoms with E-state index < -0.39 is 10.0 Å². The molecule has 0 radical (unpaired) electrons. The lowest BCUT2D eigenvalue weighted by molar-refractivity contribution is 0.102. The summed E-state index contributed by atoms with van der Waals surface area (Å²) in [6.45, 7) is 7.44. The van der Waals surface area contributed by atoms with Crippen LogP contribution in [0.25, 0.3) is 10.2 Å². The van der Waals surface area contributed by atoms with E-state index in [4.69, 9.17) is 0 Å². The summed E-state index contributed by atoms with van der Waals surface area (Å²) in [6.07, 6.45) is 0. The van der Waals surface area contributed by atoms with Crippen LogP contribution in [-0.4, -0.2) is 35.7 Å². The second kappa shape index (κ2) is 8.51. The third-order valence-electron chi connectivity index (χ3n) is 4.29. The number of anilines is 1. The Labute approximate surface area is 183 Å². The van der Waals surface area contributed by atoms with Crippen molar-refractivity contribution >= 4 is 58.5 Å². The number of thiazole rings is 1. The Bertz CT molecular complexity index is 1150. The van der Waals surface area contributed by atoms with Gasteiger partial charge in [0.1, 0.15) is 0 Å². The molecule has 1 aromatic heterocycles. The number of nitrogens with one attached hydrogen (secondary N) is 1. The highest BCUT2D eigenvalue weighted by molar-refractivity contribution is 9.10. The summed E-state index contributed by atoms with van der Waals surface area (Å²) in [7, 11) is -3.63. The van der Waals surface area contributed by atoms with Crippen molar-refractivity contribution in [3.05, 3.63) is 52.5 Å². The molecule has 6 nitrogen and oxygen atoms in total. The summed E-state index contributed by atoms with van der Waals surface area (Å²) in [5, 5.41) is 3.20. The van der Waals surface area contributed by atoms with Gasteiger partial charge in [-0.15, -0.1) is 0 Å². The SMILES string of the molecule is CC(C)N(C(C)C)S(=O)(=O)c1ccc2nc(NC(=O)c3ccccc3Br)sc2c1. The fraction of sp³-hybridized carbons (Fsp3) is 0.300. The van der Waals surface area contributed by atoms with Crippen molar-refractivity contribution in [2.75, 3.05) is 5.32 Å². The van der Waals surface area contributed by atoms with E-state index in [1.807, 2.05) is 33.8 Å². The van der Waals surface area contributed by atoms with Crippen molar-refractivity contribution in [2.45, 2.75) is 44.7 Å². The molecular formula is C20H22BrN3O3S2. The van der Waals surface area contributed by atoms with Crippen LogP contribution in [0.3, 0.4) is 0 Å². The smallest absolute Gasteiger partial charge is 0.258 e. The average molecular weight is 496 g/mol. The molecule has 0 bridgehead atoms. The molecule has 3 rings (SSSR count). The molecule has 0 unspecified atom stereocenters. The highest BCUT2D eigenvalue weighted by Crippen LogP contribution is 2.31. The predicted octanol–water partition coefficient (Wildman–Crippen LogP) is 5.12. The molecule has 1 N–H and O–H groups in total. The standard InChI is InChI=1S/C20H22BrN3O3S2/c1-12(2)24(13(3)4)29(26,27)14-9-10-17-18(11-14)28-20(22-17)23-19(25)15-7-5-6-8-16(15)21/h5-13H,1-4H3,(H,22,23,25). The second-order valence-electron chi connectivity index (χ2n) is 7.10. The lowest BCUT2D eigenvalue weighted by Gasteiger charge is -2.29. The minimum atomic E-state index is -3.63. The first-order valence-electron chi connectivity index (χ1n) is 9.11. The second-order valence-corrected chi connectivity index (χ2v) is 10.8. The summed E-state index contributed by atoms with van der Waals surface area (Å²) in [6, 6.07) is 11.7. The number of carbonyl (C=O) groups is 1. The van der Waals surface area contributed by atoms with Gasteiger partial charge in [-0.1, -0.05) is 23.5 Å². The zero-order valence-electron chi connectivity index (χ0n) is 16.5. The first-order chi connectivity index (χ1) is 13.6. The molecule has 154 valence electrons. The van der Waals surface area contributed by atoms with E-state index in [1.54, 1.807) is 36.4 Å². The van der Waals surface area contributed by atoms with Crippen LogP contribution in [-0.2, 0) is 10.0 Å². The van der Waals surface area contributed by atoms with E-state index in [2.05, 4.69) is 26.2 Å². The average Bonchev–Trinajstić information content (AvgIpc) is 3.02. The minimum absolute atomic E-state index is 0.156. The van der Waals surface area contributed by atoms with Gasteiger partial charge in [0, 0.05) is 16.6 Å². The highest BCUT2D eigenvalue weighted by atomic mass is 79.9. The van der Waals surface area contributed by atoms with Crippen LogP contribution in [0, 0.1) is 0 Å². The number of aromatic nitrogens is 1. The van der Waals surface area contributed by atoms with E-state index in [0.29, 0.717) is 25.4 Å². The van der Waals surface area contributed by atoms with Gasteiger partial charge in [0.25, 0.3) is 5.91 Å². The molecule has 29 heavy (non-hydrogen) atoms. The maximum absolute atomic E-state index is 13.1. The van der Waals surface area contributed by atoms with Gasteiger partial charge in [-0.05, 0) is 74.0 Å². The molecule has 1 amide bonds. The molecule has 9 heteroatoms. The van der Waals surface area contributed by atoms with E-state index in [0.717, 1.165) is 0 Å². The third-order valence-corrected chi connectivity index (χ3v) is 8.17. The van der Waals surface area contributed by atoms with Crippen molar-refractivity contribution in [2.24, 2.45) is 0 Å². The molecule has 0 saturated carbocycles. The van der Waals surface area contributed by atoms with E-state index in [-0.39, 0.29) is 22.9 Å². The summed E-state index contributed by atoms with van der Waals surface area (Å²) in [5.74, 6) is -0.282. The van der Waals surface area contributed by atoms with E-state index in [1.165, 1.54) is 15.6 Å². The fourth-order valence-corrected chi connectivity index (χ4v) is 6.50. The Morgan fingerprint density at radius 3 is 2.38 bits per heavy atom. The largest absolute Gasteiger partial charge is 0.298 e. The van der Waals surface area contributed by atoms with Crippen LogP contribution in [0.5, 0.6) is 0 Å². The Kier molecular flexibility index (Phi) is 6.42. The number of sulfonamides is 1. The molecule has 0 aliphatic carbocycles. The third kappa shape index (κ3) is 4.53. The number of carbonyl (C=O) groups excluding carboxylic acids is 1. The first-order valence-corrected chi connectivity index (χ1v) is 12.2. The zero-order chi connectivity index (χ0) is 21.3. The first kappa shape index (κ1) is 21.9. The molecule has 1 heterocycles. The van der Waals surface area contributed by atoms with Gasteiger partial charge >= 0.3 is 0 Å². The molecule has 0 spiro atoms. The predicted molar refractivity (Wildman–Crippen MR) is 121 cm³/mol. The van der Waals surface area contributed by atoms with Crippen LogP contribution < -0.4 is 5.32 Å². The van der Waals surface area contributed by atoms with Crippen molar-refractivity contribution in [3.63, 3.8) is 0 Å². The fourth-order valence-electron chi connectivity index (χ4n) is 3.20. The highest BCUT2D eigenvalue weighted by Gasteiger charge is 2.29. The Morgan fingerprint density at radius 2 is 1.76 bits per heavy atom. The summed E-state index contributed by atoms with van der Waals surface area (Å²) >= 11 is 4.61. The minimum Gasteiger partial charge on any atom is -0.298 e. The number of hydrogen-bond acceptors (Lipinski definition) is 5. The number of hydrogen-bond donors (Lipinski definition) is 1. The summed E-state index contributed by atoms with van der Waals surface area (Å²) in [5.41, 5.74) is 1.14. The van der Waals surface area contributed by atoms with Gasteiger partial charge in [-0.3, -0.25) is 10.1 Å². The van der Waals surface area contributed by atoms with Gasteiger partial charge in [-0.25, -0.2) is 13.4 Å². The monoisotopic (exact) mass is 495 g/mol. The van der Waals surface area contributed by atoms with Crippen molar-refractivity contribution in [3.8, 4) is 0 Å². The molecule has 3 aromatic rings. The number of fused-ring (bicyclic) bond motifs is 1. The molecule has 0 saturated heterocycles. The van der Waals surface area contributed by atoms with Crippen LogP contribution in [0.1, 0.15) is 38.1 Å². The van der Waals surface area contributed by atoms with Gasteiger partial charge in [0.05, 0.1) is 20.7 Å². The normalized spacial score (nSPS) is 12.3. The number of halogens is 1. The van der Waals surface area contributed by atoms with Crippen LogP contribution in [0.4, 0.5) is 5.13 Å². The molecule has 2 aromatic carbocycles. The van der Waals surface area contributed by atoms with Crippen LogP contribution >= 0.6 is 27.3 Å². The van der Waals surface area contributed by atoms with E-state index >= 15 is 0 Å². The Balaban J connectivity index is 1.93. The van der Waals surface area contributed by atoms with Crippen molar-refractivity contribution < 1.29 is 13.2 Å². The maximum Gasteiger partial charge on any atom is 0.258 e. The van der Waals surface area contributed by atoms with Crippen LogP contribution in [0.2, 0.25) is 0 Å². The quantitative estimate of drug-likeness (QED) is 0.514. The number of amides is 1. The Hall–Kier alpha value is -1.81. The lowest BCUT2D eigenvalue weighted by atomic mass is 10.2.